The summed E-state index contributed by atoms with van der Waals surface area (Å²) in [6.07, 6.45) is 0.199. The number of nitrogens with two attached hydrogens (primary N) is 2. The number of nitrogens with one attached hydrogen (secondary N) is 6. The number of aryl methyl sites for hydroxylation is 1. The molecule has 0 unspecified atom stereocenters. The number of esters is 1. The SMILES string of the molecule is CC[C@@]1(O)C(=O)OCc2c1cc1n(c2=O)Cc2c-1nc1cc(F)c(C)c3c1c2[C@@H](N(CC(N)=O)C(=O)[C@H](Cc1ccccc1)NC(=O)CNC(=O)CNC(=O)CNC(=O)[C@H](Cc1ccccc1)NC(=O)CNC(=O)CN)CC3. The molecule has 78 heavy (non-hydrogen) atoms. The third-order valence-corrected chi connectivity index (χ3v) is 14.1. The van der Waals surface area contributed by atoms with Gasteiger partial charge in [0.2, 0.25) is 47.3 Å². The molecule has 5 aromatic rings. The lowest BCUT2D eigenvalue weighted by Crippen LogP contribution is -2.54. The van der Waals surface area contributed by atoms with E-state index in [1.54, 1.807) is 74.5 Å². The predicted molar refractivity (Wildman–Crippen MR) is 276 cm³/mol. The van der Waals surface area contributed by atoms with Crippen molar-refractivity contribution in [1.82, 2.24) is 46.4 Å². The lowest BCUT2D eigenvalue weighted by Gasteiger charge is -2.38. The predicted octanol–water partition coefficient (Wildman–Crippen LogP) is -1.29. The molecular formula is C54H58FN11O12. The van der Waals surface area contributed by atoms with E-state index < -0.39 is 121 Å². The van der Waals surface area contributed by atoms with Gasteiger partial charge in [-0.25, -0.2) is 14.2 Å². The van der Waals surface area contributed by atoms with Gasteiger partial charge in [0.25, 0.3) is 5.56 Å². The highest BCUT2D eigenvalue weighted by Gasteiger charge is 2.46. The Kier molecular flexibility index (Phi) is 16.7. The number of benzene rings is 3. The molecule has 4 heterocycles. The minimum Gasteiger partial charge on any atom is -0.458 e. The summed E-state index contributed by atoms with van der Waals surface area (Å²) in [4.78, 5) is 138. The number of hydrogen-bond donors (Lipinski definition) is 9. The van der Waals surface area contributed by atoms with Crippen LogP contribution in [0.4, 0.5) is 4.39 Å². The molecular weight excluding hydrogens is 1010 g/mol. The van der Waals surface area contributed by atoms with Crippen LogP contribution in [0.1, 0.15) is 70.3 Å². The van der Waals surface area contributed by atoms with Crippen molar-refractivity contribution in [1.29, 1.82) is 0 Å². The van der Waals surface area contributed by atoms with Gasteiger partial charge in [-0.3, -0.25) is 43.2 Å². The van der Waals surface area contributed by atoms with Gasteiger partial charge in [0.05, 0.1) is 74.3 Å². The number of fused-ring (bicyclic) bond motifs is 5. The van der Waals surface area contributed by atoms with Crippen molar-refractivity contribution < 1.29 is 57.4 Å². The number of halogens is 1. The Balaban J connectivity index is 0.989. The first-order valence-corrected chi connectivity index (χ1v) is 25.2. The molecule has 3 aromatic carbocycles. The number of pyridine rings is 2. The highest BCUT2D eigenvalue weighted by molar-refractivity contribution is 5.97. The zero-order valence-electron chi connectivity index (χ0n) is 42.7. The van der Waals surface area contributed by atoms with Crippen molar-refractivity contribution >= 4 is 64.1 Å². The fourth-order valence-corrected chi connectivity index (χ4v) is 10.2. The van der Waals surface area contributed by atoms with E-state index in [2.05, 4.69) is 31.9 Å². The van der Waals surface area contributed by atoms with E-state index in [-0.39, 0.29) is 79.8 Å². The highest BCUT2D eigenvalue weighted by atomic mass is 19.1. The van der Waals surface area contributed by atoms with Gasteiger partial charge in [-0.15, -0.1) is 0 Å². The summed E-state index contributed by atoms with van der Waals surface area (Å²) in [6.45, 7) is -0.632. The summed E-state index contributed by atoms with van der Waals surface area (Å²) < 4.78 is 22.4. The minimum atomic E-state index is -2.13. The van der Waals surface area contributed by atoms with Crippen LogP contribution in [0.5, 0.6) is 0 Å². The highest BCUT2D eigenvalue weighted by Crippen LogP contribution is 2.47. The van der Waals surface area contributed by atoms with Gasteiger partial charge in [0.1, 0.15) is 24.5 Å². The molecule has 0 fully saturated rings. The Morgan fingerprint density at radius 2 is 1.38 bits per heavy atom. The van der Waals surface area contributed by atoms with Crippen molar-refractivity contribution in [2.45, 2.75) is 82.8 Å². The topological polar surface area (TPSA) is 345 Å². The summed E-state index contributed by atoms with van der Waals surface area (Å²) in [6, 6.07) is 16.6. The van der Waals surface area contributed by atoms with E-state index in [9.17, 15) is 48.3 Å². The zero-order valence-corrected chi connectivity index (χ0v) is 42.7. The third-order valence-electron chi connectivity index (χ3n) is 14.1. The number of amides is 8. The Labute approximate surface area is 445 Å². The molecule has 2 aliphatic heterocycles. The van der Waals surface area contributed by atoms with Crippen molar-refractivity contribution in [3.05, 3.63) is 133 Å². The average molecular weight is 1070 g/mol. The standard InChI is InChI=1S/C54H58FN11O12/c1-3-54(77)34-18-40-49-32(25-65(40)51(74)33(34)27-78-53(54)76)48-39(15-14-31-28(2)35(55)19-36(64-49)47(31)48)66(26-41(57)67)52(75)38(17-30-12-8-5-9-13-30)63-46(72)24-60-43(69)21-59-44(70)22-61-50(73)37(16-29-10-6-4-7-11-29)62-45(71)23-58-42(68)20-56/h4-13,18-19,37-39,77H,3,14-17,20-27,56H2,1-2H3,(H2,57,67)(H,58,68)(H,59,70)(H,60,69)(H,61,73)(H,62,71)(H,63,72)/t37-,38-,39-,54-/m0/s1. The van der Waals surface area contributed by atoms with Crippen LogP contribution < -0.4 is 48.9 Å². The lowest BCUT2D eigenvalue weighted by atomic mass is 9.80. The smallest absolute Gasteiger partial charge is 0.343 e. The Bertz CT molecular complexity index is 3320. The first kappa shape index (κ1) is 55.3. The van der Waals surface area contributed by atoms with E-state index in [1.807, 2.05) is 0 Å². The number of primary amides is 1. The average Bonchev–Trinajstić information content (AvgIpc) is 3.91. The first-order valence-electron chi connectivity index (χ1n) is 25.2. The van der Waals surface area contributed by atoms with E-state index >= 15 is 9.18 Å². The molecule has 23 nitrogen and oxygen atoms in total. The van der Waals surface area contributed by atoms with E-state index in [0.29, 0.717) is 38.8 Å². The Hall–Kier alpha value is -8.90. The maximum Gasteiger partial charge on any atom is 0.343 e. The van der Waals surface area contributed by atoms with E-state index in [4.69, 9.17) is 21.2 Å². The summed E-state index contributed by atoms with van der Waals surface area (Å²) in [5, 5.41) is 26.7. The molecule has 2 aromatic heterocycles. The van der Waals surface area contributed by atoms with Crippen LogP contribution in [0.3, 0.4) is 0 Å². The van der Waals surface area contributed by atoms with Gasteiger partial charge in [0.15, 0.2) is 5.60 Å². The quantitative estimate of drug-likeness (QED) is 0.0379. The number of ether oxygens (including phenoxy) is 1. The van der Waals surface area contributed by atoms with Crippen LogP contribution in [0.25, 0.3) is 22.3 Å². The van der Waals surface area contributed by atoms with Crippen LogP contribution in [-0.2, 0) is 85.9 Å². The molecule has 0 spiro atoms. The number of carbonyl (C=O) groups is 9. The van der Waals surface area contributed by atoms with Gasteiger partial charge >= 0.3 is 5.97 Å². The van der Waals surface area contributed by atoms with Gasteiger partial charge in [-0.2, -0.15) is 0 Å². The Morgan fingerprint density at radius 1 is 0.808 bits per heavy atom. The first-order chi connectivity index (χ1) is 37.3. The fourth-order valence-electron chi connectivity index (χ4n) is 10.2. The molecule has 3 aliphatic rings. The molecule has 11 N–H and O–H groups in total. The molecule has 0 saturated heterocycles. The monoisotopic (exact) mass is 1070 g/mol. The summed E-state index contributed by atoms with van der Waals surface area (Å²) in [5.74, 6) is -7.55. The van der Waals surface area contributed by atoms with E-state index in [0.717, 1.165) is 0 Å². The number of carbonyl (C=O) groups excluding carboxylic acids is 9. The van der Waals surface area contributed by atoms with Crippen LogP contribution in [0.15, 0.2) is 77.6 Å². The number of nitrogens with zero attached hydrogens (tertiary/aromatic N) is 3. The summed E-state index contributed by atoms with van der Waals surface area (Å²) >= 11 is 0. The third kappa shape index (κ3) is 11.7. The molecule has 8 rings (SSSR count). The summed E-state index contributed by atoms with van der Waals surface area (Å²) in [5.41, 5.74) is 12.4. The van der Waals surface area contributed by atoms with Crippen LogP contribution in [0.2, 0.25) is 0 Å². The van der Waals surface area contributed by atoms with Crippen molar-refractivity contribution in [2.75, 3.05) is 39.3 Å². The molecule has 24 heteroatoms. The molecule has 8 amide bonds. The number of hydrogen-bond acceptors (Lipinski definition) is 14. The molecule has 0 saturated carbocycles. The zero-order chi connectivity index (χ0) is 56.0. The van der Waals surface area contributed by atoms with Gasteiger partial charge < -0.3 is 62.7 Å². The second-order valence-corrected chi connectivity index (χ2v) is 19.2. The molecule has 1 aliphatic carbocycles. The van der Waals surface area contributed by atoms with Crippen LogP contribution in [0, 0.1) is 12.7 Å². The number of cyclic esters (lactones) is 1. The number of rotatable bonds is 21. The minimum absolute atomic E-state index is 0.0399. The van der Waals surface area contributed by atoms with Gasteiger partial charge in [0, 0.05) is 35.4 Å². The fraction of sp³-hybridized carbons (Fsp3) is 0.352. The van der Waals surface area contributed by atoms with Crippen LogP contribution in [-0.4, -0.2) is 124 Å². The molecule has 4 atom stereocenters. The van der Waals surface area contributed by atoms with Crippen molar-refractivity contribution in [2.24, 2.45) is 11.5 Å². The second-order valence-electron chi connectivity index (χ2n) is 19.2. The van der Waals surface area contributed by atoms with Gasteiger partial charge in [-0.1, -0.05) is 67.6 Å². The number of aromatic nitrogens is 2. The summed E-state index contributed by atoms with van der Waals surface area (Å²) in [7, 11) is 0. The molecule has 408 valence electrons. The number of aliphatic hydroxyl groups is 1. The van der Waals surface area contributed by atoms with Crippen molar-refractivity contribution in [3.8, 4) is 11.4 Å². The van der Waals surface area contributed by atoms with E-state index in [1.165, 1.54) is 21.6 Å². The maximum absolute atomic E-state index is 15.7. The van der Waals surface area contributed by atoms with Crippen LogP contribution >= 0.6 is 0 Å². The lowest BCUT2D eigenvalue weighted by molar-refractivity contribution is -0.172. The maximum atomic E-state index is 15.7. The largest absolute Gasteiger partial charge is 0.458 e. The van der Waals surface area contributed by atoms with Crippen molar-refractivity contribution in [3.63, 3.8) is 0 Å². The Morgan fingerprint density at radius 3 is 1.99 bits per heavy atom. The van der Waals surface area contributed by atoms with Gasteiger partial charge in [-0.05, 0) is 60.1 Å². The normalized spacial score (nSPS) is 16.5. The molecule has 0 radical (unpaired) electrons. The second kappa shape index (κ2) is 23.6. The molecule has 0 bridgehead atoms.